The molecule has 1 atom stereocenters. The molecule has 0 unspecified atom stereocenters. The van der Waals surface area contributed by atoms with E-state index in [1.54, 1.807) is 20.8 Å². The lowest BCUT2D eigenvalue weighted by Gasteiger charge is -2.27. The van der Waals surface area contributed by atoms with Gasteiger partial charge in [0.1, 0.15) is 15.9 Å². The first kappa shape index (κ1) is 16.7. The first-order valence-electron chi connectivity index (χ1n) is 5.38. The summed E-state index contributed by atoms with van der Waals surface area (Å²) in [6, 6.07) is -1.74. The van der Waals surface area contributed by atoms with E-state index >= 15 is 0 Å². The molecule has 0 rings (SSSR count). The van der Waals surface area contributed by atoms with E-state index in [4.69, 9.17) is 5.11 Å². The fourth-order valence-corrected chi connectivity index (χ4v) is 1.65. The number of sulfone groups is 1. The molecule has 0 saturated carbocycles. The predicted molar refractivity (Wildman–Crippen MR) is 67.1 cm³/mol. The Hall–Kier alpha value is -1.31. The summed E-state index contributed by atoms with van der Waals surface area (Å²) in [6.45, 7) is 4.99. The van der Waals surface area contributed by atoms with Gasteiger partial charge in [-0.05, 0) is 5.41 Å². The van der Waals surface area contributed by atoms with Gasteiger partial charge in [-0.1, -0.05) is 20.8 Å². The molecule has 2 amide bonds. The van der Waals surface area contributed by atoms with Crippen molar-refractivity contribution >= 4 is 21.8 Å². The largest absolute Gasteiger partial charge is 0.480 e. The minimum atomic E-state index is -3.15. The highest BCUT2D eigenvalue weighted by molar-refractivity contribution is 7.90. The Balaban J connectivity index is 4.33. The summed E-state index contributed by atoms with van der Waals surface area (Å²) in [7, 11) is -3.15. The monoisotopic (exact) mass is 280 g/mol. The number of urea groups is 1. The van der Waals surface area contributed by atoms with Crippen molar-refractivity contribution in [1.82, 2.24) is 10.6 Å². The van der Waals surface area contributed by atoms with Crippen molar-refractivity contribution in [3.63, 3.8) is 0 Å². The standard InChI is InChI=1S/C10H20N2O5S/c1-10(2,3)7(8(13)14)12-9(15)11-5-6-18(4,16)17/h7H,5-6H2,1-4H3,(H,13,14)(H2,11,12,15)/t7-/m0/s1. The van der Waals surface area contributed by atoms with Crippen LogP contribution >= 0.6 is 0 Å². The highest BCUT2D eigenvalue weighted by Gasteiger charge is 2.32. The Kier molecular flexibility index (Phi) is 5.59. The quantitative estimate of drug-likeness (QED) is 0.647. The summed E-state index contributed by atoms with van der Waals surface area (Å²) in [4.78, 5) is 22.4. The molecule has 0 heterocycles. The number of rotatable bonds is 5. The molecule has 0 fully saturated rings. The molecule has 18 heavy (non-hydrogen) atoms. The van der Waals surface area contributed by atoms with E-state index in [-0.39, 0.29) is 12.3 Å². The number of carboxylic acids is 1. The Morgan fingerprint density at radius 3 is 2.11 bits per heavy atom. The first-order valence-corrected chi connectivity index (χ1v) is 7.44. The van der Waals surface area contributed by atoms with Gasteiger partial charge < -0.3 is 15.7 Å². The molecule has 7 nitrogen and oxygen atoms in total. The predicted octanol–water partition coefficient (Wildman–Crippen LogP) is -0.170. The number of nitrogens with one attached hydrogen (secondary N) is 2. The Morgan fingerprint density at radius 1 is 1.28 bits per heavy atom. The topological polar surface area (TPSA) is 113 Å². The minimum absolute atomic E-state index is 0.0544. The number of hydrogen-bond acceptors (Lipinski definition) is 4. The lowest BCUT2D eigenvalue weighted by Crippen LogP contribution is -2.52. The second-order valence-electron chi connectivity index (χ2n) is 5.17. The summed E-state index contributed by atoms with van der Waals surface area (Å²) in [5.74, 6) is -1.33. The van der Waals surface area contributed by atoms with E-state index in [9.17, 15) is 18.0 Å². The molecule has 0 spiro atoms. The van der Waals surface area contributed by atoms with Crippen LogP contribution in [0.15, 0.2) is 0 Å². The normalized spacial score (nSPS) is 13.8. The van der Waals surface area contributed by atoms with Crippen LogP contribution in [0.2, 0.25) is 0 Å². The van der Waals surface area contributed by atoms with Crippen molar-refractivity contribution < 1.29 is 23.1 Å². The molecule has 106 valence electrons. The lowest BCUT2D eigenvalue weighted by atomic mass is 9.87. The van der Waals surface area contributed by atoms with Crippen molar-refractivity contribution in [3.05, 3.63) is 0 Å². The highest BCUT2D eigenvalue weighted by Crippen LogP contribution is 2.19. The van der Waals surface area contributed by atoms with Crippen molar-refractivity contribution in [2.24, 2.45) is 5.41 Å². The van der Waals surface area contributed by atoms with E-state index in [1.807, 2.05) is 0 Å². The van der Waals surface area contributed by atoms with Gasteiger partial charge in [0.25, 0.3) is 0 Å². The number of carbonyl (C=O) groups excluding carboxylic acids is 1. The maximum absolute atomic E-state index is 11.4. The molecule has 0 aliphatic rings. The number of amides is 2. The molecule has 0 aliphatic heterocycles. The number of carboxylic acid groups (broad SMARTS) is 1. The minimum Gasteiger partial charge on any atom is -0.480 e. The van der Waals surface area contributed by atoms with Gasteiger partial charge in [-0.2, -0.15) is 0 Å². The maximum atomic E-state index is 11.4. The lowest BCUT2D eigenvalue weighted by molar-refractivity contribution is -0.141. The van der Waals surface area contributed by atoms with Crippen LogP contribution in [0.3, 0.4) is 0 Å². The van der Waals surface area contributed by atoms with Gasteiger partial charge >= 0.3 is 12.0 Å². The molecular weight excluding hydrogens is 260 g/mol. The molecule has 0 aromatic carbocycles. The van der Waals surface area contributed by atoms with Gasteiger partial charge in [-0.15, -0.1) is 0 Å². The van der Waals surface area contributed by atoms with E-state index in [2.05, 4.69) is 10.6 Å². The molecule has 3 N–H and O–H groups in total. The van der Waals surface area contributed by atoms with E-state index < -0.39 is 33.3 Å². The zero-order chi connectivity index (χ0) is 14.6. The van der Waals surface area contributed by atoms with Crippen LogP contribution in [-0.4, -0.2) is 50.1 Å². The van der Waals surface area contributed by atoms with Gasteiger partial charge in [0.05, 0.1) is 5.75 Å². The van der Waals surface area contributed by atoms with Crippen LogP contribution in [0.5, 0.6) is 0 Å². The number of carbonyl (C=O) groups is 2. The molecule has 0 bridgehead atoms. The third-order valence-corrected chi connectivity index (χ3v) is 3.09. The number of hydrogen-bond donors (Lipinski definition) is 3. The zero-order valence-corrected chi connectivity index (χ0v) is 11.8. The smallest absolute Gasteiger partial charge is 0.326 e. The third kappa shape index (κ3) is 7.10. The zero-order valence-electron chi connectivity index (χ0n) is 11.0. The van der Waals surface area contributed by atoms with Gasteiger partial charge in [-0.3, -0.25) is 0 Å². The average molecular weight is 280 g/mol. The van der Waals surface area contributed by atoms with Crippen molar-refractivity contribution in [3.8, 4) is 0 Å². The summed E-state index contributed by atoms with van der Waals surface area (Å²) in [6.07, 6.45) is 1.06. The molecule has 0 aromatic heterocycles. The number of aliphatic carboxylic acids is 1. The summed E-state index contributed by atoms with van der Waals surface area (Å²) in [5, 5.41) is 13.6. The fourth-order valence-electron chi connectivity index (χ4n) is 1.18. The molecule has 0 aliphatic carbocycles. The van der Waals surface area contributed by atoms with Crippen LogP contribution in [0.1, 0.15) is 20.8 Å². The SMILES string of the molecule is CC(C)(C)[C@@H](NC(=O)NCCS(C)(=O)=O)C(=O)O. The summed E-state index contributed by atoms with van der Waals surface area (Å²) < 4.78 is 21.7. The third-order valence-electron chi connectivity index (χ3n) is 2.15. The van der Waals surface area contributed by atoms with Crippen LogP contribution in [-0.2, 0) is 14.6 Å². The van der Waals surface area contributed by atoms with Crippen LogP contribution in [0, 0.1) is 5.41 Å². The molecule has 0 aromatic rings. The van der Waals surface area contributed by atoms with Crippen LogP contribution < -0.4 is 10.6 Å². The summed E-state index contributed by atoms with van der Waals surface area (Å²) in [5.41, 5.74) is -0.639. The molecule has 0 radical (unpaired) electrons. The second-order valence-corrected chi connectivity index (χ2v) is 7.43. The van der Waals surface area contributed by atoms with Crippen LogP contribution in [0.4, 0.5) is 4.79 Å². The average Bonchev–Trinajstić information content (AvgIpc) is 2.09. The van der Waals surface area contributed by atoms with E-state index in [0.29, 0.717) is 0 Å². The van der Waals surface area contributed by atoms with Gasteiger partial charge in [-0.25, -0.2) is 18.0 Å². The van der Waals surface area contributed by atoms with Crippen molar-refractivity contribution in [2.75, 3.05) is 18.6 Å². The van der Waals surface area contributed by atoms with Gasteiger partial charge in [0.15, 0.2) is 0 Å². The molecule has 8 heteroatoms. The van der Waals surface area contributed by atoms with E-state index in [1.165, 1.54) is 0 Å². The van der Waals surface area contributed by atoms with Crippen molar-refractivity contribution in [1.29, 1.82) is 0 Å². The Labute approximate surface area is 107 Å². The van der Waals surface area contributed by atoms with Crippen molar-refractivity contribution in [2.45, 2.75) is 26.8 Å². The van der Waals surface area contributed by atoms with Gasteiger partial charge in [0.2, 0.25) is 0 Å². The fraction of sp³-hybridized carbons (Fsp3) is 0.800. The first-order chi connectivity index (χ1) is 7.93. The Morgan fingerprint density at radius 2 is 1.78 bits per heavy atom. The van der Waals surface area contributed by atoms with Crippen LogP contribution in [0.25, 0.3) is 0 Å². The second kappa shape index (κ2) is 6.03. The van der Waals surface area contributed by atoms with Gasteiger partial charge in [0, 0.05) is 12.8 Å². The van der Waals surface area contributed by atoms with E-state index in [0.717, 1.165) is 6.26 Å². The molecular formula is C10H20N2O5S. The summed E-state index contributed by atoms with van der Waals surface area (Å²) >= 11 is 0. The Bertz CT molecular complexity index is 410. The molecule has 0 saturated heterocycles. The highest BCUT2D eigenvalue weighted by atomic mass is 32.2. The maximum Gasteiger partial charge on any atom is 0.326 e.